The molecule has 2 rings (SSSR count). The van der Waals surface area contributed by atoms with Crippen LogP contribution in [0.1, 0.15) is 18.1 Å². The fourth-order valence-corrected chi connectivity index (χ4v) is 2.59. The average Bonchev–Trinajstić information content (AvgIpc) is 2.52. The first kappa shape index (κ1) is 16.5. The number of ether oxygens (including phenoxy) is 2. The fraction of sp³-hybridized carbons (Fsp3) is 0.500. The normalized spacial score (nSPS) is 18.6. The van der Waals surface area contributed by atoms with Gasteiger partial charge in [-0.15, -0.1) is 0 Å². The van der Waals surface area contributed by atoms with Crippen molar-refractivity contribution in [2.45, 2.75) is 32.0 Å². The number of carbonyl (C=O) groups excluding carboxylic acids is 1. The third-order valence-electron chi connectivity index (χ3n) is 3.82. The van der Waals surface area contributed by atoms with Gasteiger partial charge in [0.05, 0.1) is 13.2 Å². The molecule has 0 aromatic heterocycles. The Balaban J connectivity index is 2.13. The number of benzene rings is 1. The SMILES string of the molecule is COCCOC(C)C(=O)N1Cc2ccccc2CC1C(=O)O. The first-order chi connectivity index (χ1) is 10.5. The smallest absolute Gasteiger partial charge is 0.326 e. The van der Waals surface area contributed by atoms with Gasteiger partial charge in [0.1, 0.15) is 12.1 Å². The van der Waals surface area contributed by atoms with E-state index in [0.717, 1.165) is 11.1 Å². The lowest BCUT2D eigenvalue weighted by Gasteiger charge is -2.35. The quantitative estimate of drug-likeness (QED) is 0.796. The molecule has 0 bridgehead atoms. The monoisotopic (exact) mass is 307 g/mol. The van der Waals surface area contributed by atoms with Crippen molar-refractivity contribution < 1.29 is 24.2 Å². The number of rotatable bonds is 6. The Labute approximate surface area is 129 Å². The molecule has 1 amide bonds. The summed E-state index contributed by atoms with van der Waals surface area (Å²) in [4.78, 5) is 25.4. The highest BCUT2D eigenvalue weighted by atomic mass is 16.5. The van der Waals surface area contributed by atoms with E-state index in [1.807, 2.05) is 24.3 Å². The number of methoxy groups -OCH3 is 1. The van der Waals surface area contributed by atoms with Crippen LogP contribution < -0.4 is 0 Å². The van der Waals surface area contributed by atoms with Crippen LogP contribution in [0.4, 0.5) is 0 Å². The van der Waals surface area contributed by atoms with Crippen molar-refractivity contribution in [3.05, 3.63) is 35.4 Å². The Morgan fingerprint density at radius 1 is 1.32 bits per heavy atom. The second kappa shape index (κ2) is 7.38. The third-order valence-corrected chi connectivity index (χ3v) is 3.82. The van der Waals surface area contributed by atoms with Crippen LogP contribution in [-0.4, -0.2) is 54.4 Å². The molecule has 0 radical (unpaired) electrons. The van der Waals surface area contributed by atoms with Crippen LogP contribution in [0.25, 0.3) is 0 Å². The molecule has 6 nitrogen and oxygen atoms in total. The van der Waals surface area contributed by atoms with E-state index >= 15 is 0 Å². The number of aliphatic carboxylic acids is 1. The van der Waals surface area contributed by atoms with Crippen molar-refractivity contribution in [1.82, 2.24) is 4.90 Å². The van der Waals surface area contributed by atoms with Crippen LogP contribution >= 0.6 is 0 Å². The molecule has 6 heteroatoms. The zero-order valence-electron chi connectivity index (χ0n) is 12.8. The van der Waals surface area contributed by atoms with Crippen LogP contribution in [0, 0.1) is 0 Å². The Morgan fingerprint density at radius 3 is 2.64 bits per heavy atom. The molecule has 1 aliphatic rings. The minimum atomic E-state index is -0.994. The molecule has 22 heavy (non-hydrogen) atoms. The van der Waals surface area contributed by atoms with E-state index in [4.69, 9.17) is 9.47 Å². The molecular formula is C16H21NO5. The lowest BCUT2D eigenvalue weighted by atomic mass is 9.93. The second-order valence-electron chi connectivity index (χ2n) is 5.30. The zero-order valence-corrected chi connectivity index (χ0v) is 12.8. The number of nitrogens with zero attached hydrogens (tertiary/aromatic N) is 1. The fourth-order valence-electron chi connectivity index (χ4n) is 2.59. The van der Waals surface area contributed by atoms with Crippen molar-refractivity contribution in [2.24, 2.45) is 0 Å². The van der Waals surface area contributed by atoms with Gasteiger partial charge in [-0.2, -0.15) is 0 Å². The van der Waals surface area contributed by atoms with Gasteiger partial charge in [-0.3, -0.25) is 4.79 Å². The van der Waals surface area contributed by atoms with Crippen molar-refractivity contribution in [1.29, 1.82) is 0 Å². The predicted octanol–water partition coefficient (Wildman–Crippen LogP) is 1.08. The van der Waals surface area contributed by atoms with E-state index < -0.39 is 18.1 Å². The van der Waals surface area contributed by atoms with Gasteiger partial charge >= 0.3 is 5.97 Å². The van der Waals surface area contributed by atoms with Crippen molar-refractivity contribution in [3.8, 4) is 0 Å². The van der Waals surface area contributed by atoms with Gasteiger partial charge in [-0.1, -0.05) is 24.3 Å². The molecule has 2 atom stereocenters. The molecule has 0 saturated carbocycles. The minimum absolute atomic E-state index is 0.296. The van der Waals surface area contributed by atoms with E-state index in [0.29, 0.717) is 26.2 Å². The van der Waals surface area contributed by atoms with Crippen molar-refractivity contribution >= 4 is 11.9 Å². The number of carbonyl (C=O) groups is 2. The van der Waals surface area contributed by atoms with Gasteiger partial charge in [0.25, 0.3) is 5.91 Å². The predicted molar refractivity (Wildman–Crippen MR) is 79.4 cm³/mol. The maximum atomic E-state index is 12.5. The molecule has 1 aliphatic heterocycles. The summed E-state index contributed by atoms with van der Waals surface area (Å²) in [5, 5.41) is 9.42. The molecule has 1 N–H and O–H groups in total. The summed E-state index contributed by atoms with van der Waals surface area (Å²) in [5.74, 6) is -1.30. The Morgan fingerprint density at radius 2 is 2.00 bits per heavy atom. The summed E-state index contributed by atoms with van der Waals surface area (Å²) in [7, 11) is 1.55. The summed E-state index contributed by atoms with van der Waals surface area (Å²) in [6, 6.07) is 6.75. The summed E-state index contributed by atoms with van der Waals surface area (Å²) in [6.45, 7) is 2.62. The lowest BCUT2D eigenvalue weighted by molar-refractivity contribution is -0.157. The number of hydrogen-bond donors (Lipinski definition) is 1. The largest absolute Gasteiger partial charge is 0.480 e. The summed E-state index contributed by atoms with van der Waals surface area (Å²) in [5.41, 5.74) is 1.96. The highest BCUT2D eigenvalue weighted by molar-refractivity contribution is 5.87. The second-order valence-corrected chi connectivity index (χ2v) is 5.30. The van der Waals surface area contributed by atoms with Crippen molar-refractivity contribution in [2.75, 3.05) is 20.3 Å². The highest BCUT2D eigenvalue weighted by Gasteiger charge is 2.36. The maximum absolute atomic E-state index is 12.5. The van der Waals surface area contributed by atoms with Crippen LogP contribution in [-0.2, 0) is 32.0 Å². The third kappa shape index (κ3) is 3.64. The Hall–Kier alpha value is -1.92. The molecule has 120 valence electrons. The Kier molecular flexibility index (Phi) is 5.51. The molecule has 0 spiro atoms. The summed E-state index contributed by atoms with van der Waals surface area (Å²) >= 11 is 0. The molecule has 0 aliphatic carbocycles. The van der Waals surface area contributed by atoms with E-state index in [1.165, 1.54) is 4.90 Å². The topological polar surface area (TPSA) is 76.1 Å². The summed E-state index contributed by atoms with van der Waals surface area (Å²) in [6.07, 6.45) is -0.371. The summed E-state index contributed by atoms with van der Waals surface area (Å²) < 4.78 is 10.3. The Bertz CT molecular complexity index is 545. The number of amides is 1. The first-order valence-electron chi connectivity index (χ1n) is 7.25. The molecular weight excluding hydrogens is 286 g/mol. The molecule has 1 aromatic carbocycles. The van der Waals surface area contributed by atoms with E-state index in [1.54, 1.807) is 14.0 Å². The molecule has 1 aromatic rings. The van der Waals surface area contributed by atoms with Gasteiger partial charge in [0.2, 0.25) is 0 Å². The van der Waals surface area contributed by atoms with Gasteiger partial charge in [-0.05, 0) is 18.1 Å². The minimum Gasteiger partial charge on any atom is -0.480 e. The number of carboxylic acid groups (broad SMARTS) is 1. The standard InChI is InChI=1S/C16H21NO5/c1-11(22-8-7-21-2)15(18)17-10-13-6-4-3-5-12(13)9-14(17)16(19)20/h3-6,11,14H,7-10H2,1-2H3,(H,19,20). The van der Waals surface area contributed by atoms with E-state index in [-0.39, 0.29) is 5.91 Å². The highest BCUT2D eigenvalue weighted by Crippen LogP contribution is 2.24. The van der Waals surface area contributed by atoms with Crippen LogP contribution in [0.5, 0.6) is 0 Å². The zero-order chi connectivity index (χ0) is 16.1. The van der Waals surface area contributed by atoms with E-state index in [9.17, 15) is 14.7 Å². The van der Waals surface area contributed by atoms with Crippen molar-refractivity contribution in [3.63, 3.8) is 0 Å². The van der Waals surface area contributed by atoms with E-state index in [2.05, 4.69) is 0 Å². The molecule has 0 saturated heterocycles. The van der Waals surface area contributed by atoms with Gasteiger partial charge in [0, 0.05) is 20.1 Å². The number of carboxylic acids is 1. The van der Waals surface area contributed by atoms with Crippen LogP contribution in [0.2, 0.25) is 0 Å². The molecule has 0 fully saturated rings. The van der Waals surface area contributed by atoms with Gasteiger partial charge in [-0.25, -0.2) is 4.79 Å². The maximum Gasteiger partial charge on any atom is 0.326 e. The van der Waals surface area contributed by atoms with Crippen LogP contribution in [0.15, 0.2) is 24.3 Å². The molecule has 1 heterocycles. The average molecular weight is 307 g/mol. The van der Waals surface area contributed by atoms with Crippen LogP contribution in [0.3, 0.4) is 0 Å². The first-order valence-corrected chi connectivity index (χ1v) is 7.25. The molecule has 2 unspecified atom stereocenters. The lowest BCUT2D eigenvalue weighted by Crippen LogP contribution is -2.51. The number of fused-ring (bicyclic) bond motifs is 1. The van der Waals surface area contributed by atoms with Gasteiger partial charge in [0.15, 0.2) is 0 Å². The van der Waals surface area contributed by atoms with Gasteiger partial charge < -0.3 is 19.5 Å². The number of hydrogen-bond acceptors (Lipinski definition) is 4.